The molecule has 1 aliphatic rings. The van der Waals surface area contributed by atoms with Crippen molar-refractivity contribution >= 4 is 40.8 Å². The highest BCUT2D eigenvalue weighted by molar-refractivity contribution is 8.03. The molecule has 0 radical (unpaired) electrons. The average Bonchev–Trinajstić information content (AvgIpc) is 3.00. The van der Waals surface area contributed by atoms with Gasteiger partial charge in [0.2, 0.25) is 0 Å². The van der Waals surface area contributed by atoms with Crippen LogP contribution in [0, 0.1) is 0 Å². The Kier molecular flexibility index (Phi) is 8.55. The smallest absolute Gasteiger partial charge is 0.267 e. The van der Waals surface area contributed by atoms with Gasteiger partial charge in [-0.3, -0.25) is 14.5 Å². The summed E-state index contributed by atoms with van der Waals surface area (Å²) in [5.41, 5.74) is 2.29. The predicted octanol–water partition coefficient (Wildman–Crippen LogP) is 5.56. The van der Waals surface area contributed by atoms with Crippen LogP contribution in [-0.4, -0.2) is 36.5 Å². The second-order valence-corrected chi connectivity index (χ2v) is 8.49. The summed E-state index contributed by atoms with van der Waals surface area (Å²) in [5, 5.41) is 0.593. The van der Waals surface area contributed by atoms with Gasteiger partial charge in [0, 0.05) is 30.5 Å². The van der Waals surface area contributed by atoms with E-state index in [2.05, 4.69) is 6.92 Å². The largest absolute Gasteiger partial charge is 0.381 e. The first-order valence-corrected chi connectivity index (χ1v) is 11.6. The molecule has 0 saturated carbocycles. The van der Waals surface area contributed by atoms with Gasteiger partial charge >= 0.3 is 0 Å². The minimum Gasteiger partial charge on any atom is -0.381 e. The van der Waals surface area contributed by atoms with Gasteiger partial charge in [-0.1, -0.05) is 67.4 Å². The number of nitrogens with zero attached hydrogens (tertiary/aromatic N) is 1. The van der Waals surface area contributed by atoms with Crippen LogP contribution in [0.25, 0.3) is 5.57 Å². The third-order valence-electron chi connectivity index (χ3n) is 4.80. The molecule has 0 aliphatic carbocycles. The van der Waals surface area contributed by atoms with Gasteiger partial charge in [0.1, 0.15) is 0 Å². The van der Waals surface area contributed by atoms with E-state index in [1.807, 2.05) is 30.3 Å². The second kappa shape index (κ2) is 11.3. The number of amides is 2. The molecule has 3 rings (SSSR count). The maximum absolute atomic E-state index is 13.1. The molecule has 0 fully saturated rings. The van der Waals surface area contributed by atoms with E-state index in [9.17, 15) is 9.59 Å². The molecule has 1 aliphatic heterocycles. The van der Waals surface area contributed by atoms with Gasteiger partial charge in [0.15, 0.2) is 0 Å². The minimum atomic E-state index is -0.244. The fraction of sp³-hybridized carbons (Fsp3) is 0.333. The van der Waals surface area contributed by atoms with Crippen molar-refractivity contribution in [3.63, 3.8) is 0 Å². The number of unbranched alkanes of at least 4 members (excludes halogenated alkanes) is 1. The first kappa shape index (κ1) is 22.6. The normalized spacial score (nSPS) is 14.1. The lowest BCUT2D eigenvalue weighted by atomic mass is 10.1. The van der Waals surface area contributed by atoms with Crippen LogP contribution in [0.15, 0.2) is 59.5 Å². The maximum Gasteiger partial charge on any atom is 0.267 e. The summed E-state index contributed by atoms with van der Waals surface area (Å²) < 4.78 is 5.58. The van der Waals surface area contributed by atoms with E-state index < -0.39 is 0 Å². The zero-order chi connectivity index (χ0) is 21.3. The summed E-state index contributed by atoms with van der Waals surface area (Å²) in [4.78, 5) is 28.1. The fourth-order valence-electron chi connectivity index (χ4n) is 3.16. The average molecular weight is 444 g/mol. The van der Waals surface area contributed by atoms with Crippen LogP contribution in [0.3, 0.4) is 0 Å². The Bertz CT molecular complexity index is 896. The highest BCUT2D eigenvalue weighted by Crippen LogP contribution is 2.37. The van der Waals surface area contributed by atoms with Crippen LogP contribution in [0.4, 0.5) is 0 Å². The van der Waals surface area contributed by atoms with E-state index in [1.54, 1.807) is 24.3 Å². The second-order valence-electron chi connectivity index (χ2n) is 7.07. The first-order chi connectivity index (χ1) is 14.6. The zero-order valence-electron chi connectivity index (χ0n) is 17.1. The highest BCUT2D eigenvalue weighted by atomic mass is 35.5. The van der Waals surface area contributed by atoms with E-state index in [0.29, 0.717) is 47.4 Å². The molecule has 4 nitrogen and oxygen atoms in total. The van der Waals surface area contributed by atoms with Crippen LogP contribution >= 0.6 is 23.4 Å². The Labute approximate surface area is 187 Å². The minimum absolute atomic E-state index is 0.223. The lowest BCUT2D eigenvalue weighted by molar-refractivity contribution is -0.136. The van der Waals surface area contributed by atoms with Crippen molar-refractivity contribution in [1.82, 2.24) is 4.90 Å². The number of thioether (sulfide) groups is 1. The number of imide groups is 1. The molecule has 30 heavy (non-hydrogen) atoms. The summed E-state index contributed by atoms with van der Waals surface area (Å²) >= 11 is 7.43. The van der Waals surface area contributed by atoms with E-state index in [-0.39, 0.29) is 11.8 Å². The molecule has 2 aromatic carbocycles. The first-order valence-electron chi connectivity index (χ1n) is 10.2. The maximum atomic E-state index is 13.1. The van der Waals surface area contributed by atoms with E-state index >= 15 is 0 Å². The molecule has 6 heteroatoms. The topological polar surface area (TPSA) is 46.6 Å². The van der Waals surface area contributed by atoms with Crippen LogP contribution in [-0.2, 0) is 20.1 Å². The highest BCUT2D eigenvalue weighted by Gasteiger charge is 2.38. The molecule has 2 aromatic rings. The summed E-state index contributed by atoms with van der Waals surface area (Å²) in [7, 11) is 0. The molecule has 0 unspecified atom stereocenters. The van der Waals surface area contributed by atoms with Gasteiger partial charge in [0.25, 0.3) is 11.8 Å². The summed E-state index contributed by atoms with van der Waals surface area (Å²) in [6.07, 6.45) is 2.73. The fourth-order valence-corrected chi connectivity index (χ4v) is 4.38. The standard InChI is InChI=1S/C24H26ClNO3S/c1-2-3-15-29-16-7-14-26-23(27)21(19-10-12-20(25)13-11-19)22(24(26)28)30-17-18-8-5-4-6-9-18/h4-6,8-13H,2-3,7,14-17H2,1H3. The molecule has 158 valence electrons. The molecule has 0 saturated heterocycles. The molecule has 0 bridgehead atoms. The quantitative estimate of drug-likeness (QED) is 0.337. The van der Waals surface area contributed by atoms with Crippen molar-refractivity contribution in [2.45, 2.75) is 31.9 Å². The number of hydrogen-bond acceptors (Lipinski definition) is 4. The van der Waals surface area contributed by atoms with Crippen molar-refractivity contribution < 1.29 is 14.3 Å². The molecule has 0 N–H and O–H groups in total. The number of rotatable bonds is 11. The molecule has 0 atom stereocenters. The van der Waals surface area contributed by atoms with Crippen molar-refractivity contribution in [3.8, 4) is 0 Å². The van der Waals surface area contributed by atoms with Crippen molar-refractivity contribution in [3.05, 3.63) is 75.7 Å². The Morgan fingerprint density at radius 1 is 0.933 bits per heavy atom. The summed E-state index contributed by atoms with van der Waals surface area (Å²) in [6.45, 7) is 3.73. The molecule has 1 heterocycles. The number of ether oxygens (including phenoxy) is 1. The Hall–Kier alpha value is -2.08. The lowest BCUT2D eigenvalue weighted by Crippen LogP contribution is -2.33. The number of hydrogen-bond donors (Lipinski definition) is 0. The van der Waals surface area contributed by atoms with Gasteiger partial charge < -0.3 is 4.74 Å². The lowest BCUT2D eigenvalue weighted by Gasteiger charge is -2.15. The number of carbonyl (C=O) groups is 2. The third kappa shape index (κ3) is 5.75. The number of carbonyl (C=O) groups excluding carboxylic acids is 2. The van der Waals surface area contributed by atoms with Crippen LogP contribution in [0.1, 0.15) is 37.3 Å². The molecular formula is C24H26ClNO3S. The van der Waals surface area contributed by atoms with Crippen LogP contribution in [0.2, 0.25) is 5.02 Å². The Morgan fingerprint density at radius 3 is 2.33 bits per heavy atom. The monoisotopic (exact) mass is 443 g/mol. The van der Waals surface area contributed by atoms with Crippen molar-refractivity contribution in [2.24, 2.45) is 0 Å². The van der Waals surface area contributed by atoms with Crippen LogP contribution < -0.4 is 0 Å². The summed E-state index contributed by atoms with van der Waals surface area (Å²) in [6, 6.07) is 17.0. The van der Waals surface area contributed by atoms with Gasteiger partial charge in [-0.2, -0.15) is 0 Å². The van der Waals surface area contributed by atoms with Gasteiger partial charge in [-0.15, -0.1) is 11.8 Å². The molecular weight excluding hydrogens is 418 g/mol. The Balaban J connectivity index is 1.75. The van der Waals surface area contributed by atoms with E-state index in [0.717, 1.165) is 24.0 Å². The van der Waals surface area contributed by atoms with Crippen LogP contribution in [0.5, 0.6) is 0 Å². The van der Waals surface area contributed by atoms with E-state index in [4.69, 9.17) is 16.3 Å². The predicted molar refractivity (Wildman–Crippen MR) is 123 cm³/mol. The number of benzene rings is 2. The SMILES string of the molecule is CCCCOCCCN1C(=O)C(SCc2ccccc2)=C(c2ccc(Cl)cc2)C1=O. The van der Waals surface area contributed by atoms with Gasteiger partial charge in [-0.25, -0.2) is 0 Å². The Morgan fingerprint density at radius 2 is 1.63 bits per heavy atom. The molecule has 0 spiro atoms. The third-order valence-corrected chi connectivity index (χ3v) is 6.19. The molecule has 2 amide bonds. The van der Waals surface area contributed by atoms with Crippen molar-refractivity contribution in [2.75, 3.05) is 19.8 Å². The zero-order valence-corrected chi connectivity index (χ0v) is 18.7. The summed E-state index contributed by atoms with van der Waals surface area (Å²) in [5.74, 6) is 0.158. The number of halogens is 1. The van der Waals surface area contributed by atoms with Gasteiger partial charge in [-0.05, 0) is 36.1 Å². The van der Waals surface area contributed by atoms with Gasteiger partial charge in [0.05, 0.1) is 10.5 Å². The van der Waals surface area contributed by atoms with Crippen molar-refractivity contribution in [1.29, 1.82) is 0 Å². The van der Waals surface area contributed by atoms with E-state index in [1.165, 1.54) is 16.7 Å². The molecule has 0 aromatic heterocycles.